The van der Waals surface area contributed by atoms with Crippen LogP contribution in [0.2, 0.25) is 0 Å². The summed E-state index contributed by atoms with van der Waals surface area (Å²) < 4.78 is 5.32. The zero-order valence-corrected chi connectivity index (χ0v) is 13.8. The molecule has 1 saturated heterocycles. The van der Waals surface area contributed by atoms with Crippen LogP contribution in [0, 0.1) is 5.92 Å². The third kappa shape index (κ3) is 3.39. The van der Waals surface area contributed by atoms with Crippen LogP contribution in [0.3, 0.4) is 0 Å². The molecule has 3 rings (SSSR count). The van der Waals surface area contributed by atoms with Gasteiger partial charge in [-0.25, -0.2) is 4.98 Å². The average Bonchev–Trinajstić information content (AvgIpc) is 3.19. The van der Waals surface area contributed by atoms with Crippen LogP contribution in [0.1, 0.15) is 22.5 Å². The Morgan fingerprint density at radius 2 is 2.27 bits per heavy atom. The number of hydrogen-bond donors (Lipinski definition) is 0. The lowest BCUT2D eigenvalue weighted by Gasteiger charge is -2.31. The number of piperidine rings is 1. The van der Waals surface area contributed by atoms with Gasteiger partial charge in [-0.3, -0.25) is 4.79 Å². The van der Waals surface area contributed by atoms with Crippen LogP contribution < -0.4 is 0 Å². The lowest BCUT2D eigenvalue weighted by molar-refractivity contribution is 0.0751. The Morgan fingerprint density at radius 3 is 2.95 bits per heavy atom. The highest BCUT2D eigenvalue weighted by molar-refractivity contribution is 7.16. The number of amides is 1. The third-order valence-corrected chi connectivity index (χ3v) is 5.17. The predicted octanol–water partition coefficient (Wildman–Crippen LogP) is 2.82. The fraction of sp³-hybridized carbons (Fsp3) is 0.500. The van der Waals surface area contributed by atoms with E-state index in [1.54, 1.807) is 12.5 Å². The maximum Gasteiger partial charge on any atom is 0.265 e. The molecule has 22 heavy (non-hydrogen) atoms. The topological polar surface area (TPSA) is 49.6 Å². The Kier molecular flexibility index (Phi) is 4.59. The molecule has 0 aromatic carbocycles. The number of hydrogen-bond acceptors (Lipinski definition) is 5. The second-order valence-electron chi connectivity index (χ2n) is 5.94. The number of aromatic nitrogens is 1. The van der Waals surface area contributed by atoms with Gasteiger partial charge >= 0.3 is 0 Å². The summed E-state index contributed by atoms with van der Waals surface area (Å²) in [7, 11) is 4.03. The third-order valence-electron chi connectivity index (χ3n) is 4.17. The quantitative estimate of drug-likeness (QED) is 0.869. The van der Waals surface area contributed by atoms with Gasteiger partial charge in [0.1, 0.15) is 4.88 Å². The number of thiazole rings is 1. The molecule has 0 unspecified atom stereocenters. The Hall–Kier alpha value is -1.66. The molecular weight excluding hydrogens is 298 g/mol. The maximum absolute atomic E-state index is 12.5. The summed E-state index contributed by atoms with van der Waals surface area (Å²) in [4.78, 5) is 21.7. The SMILES string of the molecule is CN1CCC(CN(C)C(=O)c2cnc(-c3ccco3)s2)CC1. The van der Waals surface area contributed by atoms with Crippen molar-refractivity contribution < 1.29 is 9.21 Å². The second-order valence-corrected chi connectivity index (χ2v) is 6.97. The molecule has 1 aliphatic rings. The first-order chi connectivity index (χ1) is 10.6. The Morgan fingerprint density at radius 1 is 1.50 bits per heavy atom. The van der Waals surface area contributed by atoms with Gasteiger partial charge in [0.15, 0.2) is 10.8 Å². The van der Waals surface area contributed by atoms with E-state index >= 15 is 0 Å². The fourth-order valence-corrected chi connectivity index (χ4v) is 3.67. The number of rotatable bonds is 4. The normalized spacial score (nSPS) is 16.8. The van der Waals surface area contributed by atoms with Gasteiger partial charge < -0.3 is 14.2 Å². The van der Waals surface area contributed by atoms with Crippen molar-refractivity contribution in [3.8, 4) is 10.8 Å². The minimum atomic E-state index is 0.0502. The lowest BCUT2D eigenvalue weighted by atomic mass is 9.97. The molecule has 2 aromatic rings. The van der Waals surface area contributed by atoms with E-state index in [9.17, 15) is 4.79 Å². The molecule has 0 bridgehead atoms. The van der Waals surface area contributed by atoms with Crippen LogP contribution in [0.15, 0.2) is 29.0 Å². The van der Waals surface area contributed by atoms with Crippen molar-refractivity contribution in [2.75, 3.05) is 33.7 Å². The molecular formula is C16H21N3O2S. The minimum absolute atomic E-state index is 0.0502. The first-order valence-corrected chi connectivity index (χ1v) is 8.39. The first kappa shape index (κ1) is 15.2. The van der Waals surface area contributed by atoms with Crippen LogP contribution >= 0.6 is 11.3 Å². The molecule has 1 aliphatic heterocycles. The van der Waals surface area contributed by atoms with Gasteiger partial charge in [0, 0.05) is 13.6 Å². The Labute approximate surface area is 134 Å². The first-order valence-electron chi connectivity index (χ1n) is 7.57. The Bertz CT molecular complexity index is 615. The molecule has 1 fully saturated rings. The molecule has 0 atom stereocenters. The standard InChI is InChI=1S/C16H21N3O2S/c1-18-7-5-12(6-8-18)11-19(2)16(20)14-10-17-15(22-14)13-4-3-9-21-13/h3-4,9-10,12H,5-8,11H2,1-2H3. The average molecular weight is 319 g/mol. The van der Waals surface area contributed by atoms with E-state index in [2.05, 4.69) is 16.9 Å². The molecule has 0 aliphatic carbocycles. The van der Waals surface area contributed by atoms with Crippen molar-refractivity contribution >= 4 is 17.2 Å². The van der Waals surface area contributed by atoms with Crippen LogP contribution in [-0.2, 0) is 0 Å². The van der Waals surface area contributed by atoms with Gasteiger partial charge in [-0.1, -0.05) is 0 Å². The number of furan rings is 1. The summed E-state index contributed by atoms with van der Waals surface area (Å²) in [6.07, 6.45) is 5.59. The van der Waals surface area contributed by atoms with Gasteiger partial charge in [0.25, 0.3) is 5.91 Å². The second kappa shape index (κ2) is 6.62. The van der Waals surface area contributed by atoms with Gasteiger partial charge in [0.2, 0.25) is 0 Å². The van der Waals surface area contributed by atoms with E-state index < -0.39 is 0 Å². The van der Waals surface area contributed by atoms with Crippen LogP contribution in [-0.4, -0.2) is 54.4 Å². The lowest BCUT2D eigenvalue weighted by Crippen LogP contribution is -2.37. The molecule has 118 valence electrons. The molecule has 3 heterocycles. The van der Waals surface area contributed by atoms with Gasteiger partial charge in [-0.2, -0.15) is 0 Å². The van der Waals surface area contributed by atoms with Crippen molar-refractivity contribution in [3.63, 3.8) is 0 Å². The summed E-state index contributed by atoms with van der Waals surface area (Å²) in [6.45, 7) is 3.06. The van der Waals surface area contributed by atoms with E-state index in [-0.39, 0.29) is 5.91 Å². The highest BCUT2D eigenvalue weighted by atomic mass is 32.1. The van der Waals surface area contributed by atoms with E-state index in [1.807, 2.05) is 24.1 Å². The van der Waals surface area contributed by atoms with E-state index in [0.29, 0.717) is 16.6 Å². The van der Waals surface area contributed by atoms with E-state index in [4.69, 9.17) is 4.42 Å². The van der Waals surface area contributed by atoms with Gasteiger partial charge in [-0.15, -0.1) is 11.3 Å². The monoisotopic (exact) mass is 319 g/mol. The van der Waals surface area contributed by atoms with E-state index in [0.717, 1.165) is 37.5 Å². The largest absolute Gasteiger partial charge is 0.462 e. The molecule has 0 radical (unpaired) electrons. The smallest absolute Gasteiger partial charge is 0.265 e. The summed E-state index contributed by atoms with van der Waals surface area (Å²) in [5.41, 5.74) is 0. The summed E-state index contributed by atoms with van der Waals surface area (Å²) in [6, 6.07) is 3.68. The fourth-order valence-electron chi connectivity index (χ4n) is 2.79. The van der Waals surface area contributed by atoms with E-state index in [1.165, 1.54) is 11.3 Å². The van der Waals surface area contributed by atoms with Crippen molar-refractivity contribution in [3.05, 3.63) is 29.5 Å². The van der Waals surface area contributed by atoms with Gasteiger partial charge in [-0.05, 0) is 51.0 Å². The van der Waals surface area contributed by atoms with Crippen LogP contribution in [0.5, 0.6) is 0 Å². The van der Waals surface area contributed by atoms with Crippen LogP contribution in [0.25, 0.3) is 10.8 Å². The number of carbonyl (C=O) groups excluding carboxylic acids is 1. The van der Waals surface area contributed by atoms with Crippen LogP contribution in [0.4, 0.5) is 0 Å². The number of likely N-dealkylation sites (tertiary alicyclic amines) is 1. The molecule has 6 heteroatoms. The molecule has 5 nitrogen and oxygen atoms in total. The van der Waals surface area contributed by atoms with Crippen molar-refractivity contribution in [2.45, 2.75) is 12.8 Å². The zero-order valence-electron chi connectivity index (χ0n) is 13.0. The number of carbonyl (C=O) groups is 1. The highest BCUT2D eigenvalue weighted by Crippen LogP contribution is 2.26. The maximum atomic E-state index is 12.5. The zero-order chi connectivity index (χ0) is 15.5. The highest BCUT2D eigenvalue weighted by Gasteiger charge is 2.22. The summed E-state index contributed by atoms with van der Waals surface area (Å²) in [5, 5.41) is 0.751. The molecule has 0 saturated carbocycles. The van der Waals surface area contributed by atoms with Gasteiger partial charge in [0.05, 0.1) is 12.5 Å². The van der Waals surface area contributed by atoms with Crippen molar-refractivity contribution in [1.82, 2.24) is 14.8 Å². The predicted molar refractivity (Wildman–Crippen MR) is 87.0 cm³/mol. The molecule has 1 amide bonds. The molecule has 2 aromatic heterocycles. The molecule has 0 spiro atoms. The molecule has 0 N–H and O–H groups in total. The summed E-state index contributed by atoms with van der Waals surface area (Å²) >= 11 is 1.39. The summed E-state index contributed by atoms with van der Waals surface area (Å²) in [5.74, 6) is 1.36. The van der Waals surface area contributed by atoms with Crippen molar-refractivity contribution in [1.29, 1.82) is 0 Å². The Balaban J connectivity index is 1.61. The number of nitrogens with zero attached hydrogens (tertiary/aromatic N) is 3. The minimum Gasteiger partial charge on any atom is -0.462 e. The van der Waals surface area contributed by atoms with Crippen molar-refractivity contribution in [2.24, 2.45) is 5.92 Å².